The largest absolute Gasteiger partial charge is 0.480 e. The average molecular weight is 270 g/mol. The molecule has 17 heavy (non-hydrogen) atoms. The second-order valence-corrected chi connectivity index (χ2v) is 3.47. The van der Waals surface area contributed by atoms with Crippen LogP contribution in [-0.2, 0) is 4.79 Å². The first kappa shape index (κ1) is 13.5. The predicted octanol–water partition coefficient (Wildman–Crippen LogP) is 1.58. The van der Waals surface area contributed by atoms with Crippen LogP contribution in [0.25, 0.3) is 0 Å². The molecule has 1 rings (SSSR count). The number of alkyl halides is 3. The molecule has 0 fully saturated rings. The summed E-state index contributed by atoms with van der Waals surface area (Å²) in [6, 6.07) is 2.40. The molecule has 0 spiro atoms. The molecule has 1 aromatic heterocycles. The van der Waals surface area contributed by atoms with Crippen molar-refractivity contribution >= 4 is 23.4 Å². The van der Waals surface area contributed by atoms with Crippen LogP contribution in [0, 0.1) is 0 Å². The third-order valence-electron chi connectivity index (χ3n) is 1.64. The minimum absolute atomic E-state index is 0.0102. The highest BCUT2D eigenvalue weighted by Gasteiger charge is 2.32. The van der Waals surface area contributed by atoms with Gasteiger partial charge in [0.15, 0.2) is 11.0 Å². The lowest BCUT2D eigenvalue weighted by Crippen LogP contribution is -2.38. The maximum absolute atomic E-state index is 12.2. The Balaban J connectivity index is 2.89. The van der Waals surface area contributed by atoms with Crippen LogP contribution in [-0.4, -0.2) is 40.5 Å². The molecule has 0 aromatic carbocycles. The lowest BCUT2D eigenvalue weighted by atomic mass is 10.4. The van der Waals surface area contributed by atoms with Gasteiger partial charge in [-0.3, -0.25) is 4.79 Å². The second kappa shape index (κ2) is 5.17. The van der Waals surface area contributed by atoms with Gasteiger partial charge < -0.3 is 10.0 Å². The number of aliphatic carboxylic acids is 1. The maximum Gasteiger partial charge on any atom is 0.405 e. The maximum atomic E-state index is 12.2. The molecule has 0 aliphatic heterocycles. The van der Waals surface area contributed by atoms with Gasteiger partial charge in [0.1, 0.15) is 13.1 Å². The number of hydrogen-bond acceptors (Lipinski definition) is 4. The van der Waals surface area contributed by atoms with E-state index in [9.17, 15) is 18.0 Å². The van der Waals surface area contributed by atoms with Gasteiger partial charge in [-0.05, 0) is 12.1 Å². The van der Waals surface area contributed by atoms with Gasteiger partial charge in [-0.15, -0.1) is 10.2 Å². The molecule has 0 radical (unpaired) electrons. The van der Waals surface area contributed by atoms with Crippen LogP contribution in [0.5, 0.6) is 0 Å². The molecular weight excluding hydrogens is 263 g/mol. The Kier molecular flexibility index (Phi) is 4.11. The smallest absolute Gasteiger partial charge is 0.405 e. The summed E-state index contributed by atoms with van der Waals surface area (Å²) < 4.78 is 36.6. The summed E-state index contributed by atoms with van der Waals surface area (Å²) in [6.45, 7) is -2.24. The zero-order valence-electron chi connectivity index (χ0n) is 8.28. The number of aromatic nitrogens is 2. The Morgan fingerprint density at radius 1 is 1.41 bits per heavy atom. The number of carboxylic acids is 1. The number of halogens is 4. The quantitative estimate of drug-likeness (QED) is 0.899. The van der Waals surface area contributed by atoms with Gasteiger partial charge in [-0.2, -0.15) is 13.2 Å². The van der Waals surface area contributed by atoms with E-state index in [1.54, 1.807) is 0 Å². The van der Waals surface area contributed by atoms with E-state index < -0.39 is 25.2 Å². The van der Waals surface area contributed by atoms with Crippen molar-refractivity contribution in [1.82, 2.24) is 10.2 Å². The Bertz CT molecular complexity index is 396. The van der Waals surface area contributed by atoms with Gasteiger partial charge in [0.2, 0.25) is 0 Å². The summed E-state index contributed by atoms with van der Waals surface area (Å²) in [7, 11) is 0. The zero-order chi connectivity index (χ0) is 13.1. The molecule has 1 heterocycles. The van der Waals surface area contributed by atoms with E-state index in [1.807, 2.05) is 0 Å². The van der Waals surface area contributed by atoms with Crippen molar-refractivity contribution in [2.75, 3.05) is 18.0 Å². The van der Waals surface area contributed by atoms with Crippen molar-refractivity contribution in [3.63, 3.8) is 0 Å². The molecule has 0 aliphatic rings. The number of carboxylic acid groups (broad SMARTS) is 1. The summed E-state index contributed by atoms with van der Waals surface area (Å²) in [4.78, 5) is 11.0. The molecule has 1 aromatic rings. The molecule has 0 amide bonds. The first-order valence-corrected chi connectivity index (χ1v) is 4.68. The molecule has 5 nitrogen and oxygen atoms in total. The van der Waals surface area contributed by atoms with Crippen molar-refractivity contribution < 1.29 is 23.1 Å². The van der Waals surface area contributed by atoms with Crippen LogP contribution >= 0.6 is 11.6 Å². The monoisotopic (exact) mass is 269 g/mol. The Hall–Kier alpha value is -1.57. The van der Waals surface area contributed by atoms with E-state index in [0.717, 1.165) is 0 Å². The molecule has 0 aliphatic carbocycles. The van der Waals surface area contributed by atoms with Crippen LogP contribution in [0.4, 0.5) is 19.0 Å². The number of carbonyl (C=O) groups is 1. The molecule has 0 atom stereocenters. The van der Waals surface area contributed by atoms with Gasteiger partial charge in [-0.1, -0.05) is 11.6 Å². The van der Waals surface area contributed by atoms with E-state index in [-0.39, 0.29) is 11.0 Å². The molecule has 0 unspecified atom stereocenters. The van der Waals surface area contributed by atoms with E-state index in [1.165, 1.54) is 12.1 Å². The summed E-state index contributed by atoms with van der Waals surface area (Å²) >= 11 is 5.42. The topological polar surface area (TPSA) is 66.3 Å². The minimum atomic E-state index is -4.53. The summed E-state index contributed by atoms with van der Waals surface area (Å²) in [6.07, 6.45) is -4.53. The Morgan fingerprint density at radius 2 is 2.06 bits per heavy atom. The highest BCUT2D eigenvalue weighted by atomic mass is 35.5. The molecule has 1 N–H and O–H groups in total. The fraction of sp³-hybridized carbons (Fsp3) is 0.375. The zero-order valence-corrected chi connectivity index (χ0v) is 9.03. The van der Waals surface area contributed by atoms with Gasteiger partial charge >= 0.3 is 12.1 Å². The number of anilines is 1. The third kappa shape index (κ3) is 4.85. The standard InChI is InChI=1S/C8H7ClF3N3O2/c9-5-1-2-6(14-13-5)15(3-7(16)17)4-8(10,11)12/h1-2H,3-4H2,(H,16,17). The Morgan fingerprint density at radius 3 is 2.47 bits per heavy atom. The van der Waals surface area contributed by atoms with Crippen LogP contribution in [0.1, 0.15) is 0 Å². The van der Waals surface area contributed by atoms with Crippen LogP contribution in [0.2, 0.25) is 5.15 Å². The molecule has 0 bridgehead atoms. The normalized spacial score (nSPS) is 11.3. The lowest BCUT2D eigenvalue weighted by Gasteiger charge is -2.22. The van der Waals surface area contributed by atoms with E-state index in [4.69, 9.17) is 16.7 Å². The molecule has 0 saturated heterocycles. The van der Waals surface area contributed by atoms with Gasteiger partial charge in [0.25, 0.3) is 0 Å². The number of rotatable bonds is 4. The predicted molar refractivity (Wildman–Crippen MR) is 52.9 cm³/mol. The van der Waals surface area contributed by atoms with Gasteiger partial charge in [-0.25, -0.2) is 0 Å². The van der Waals surface area contributed by atoms with Crippen LogP contribution in [0.15, 0.2) is 12.1 Å². The fourth-order valence-corrected chi connectivity index (χ4v) is 1.18. The summed E-state index contributed by atoms with van der Waals surface area (Å²) in [5.41, 5.74) is 0. The molecule has 0 saturated carbocycles. The lowest BCUT2D eigenvalue weighted by molar-refractivity contribution is -0.136. The van der Waals surface area contributed by atoms with Crippen molar-refractivity contribution in [3.05, 3.63) is 17.3 Å². The van der Waals surface area contributed by atoms with Crippen molar-refractivity contribution in [2.45, 2.75) is 6.18 Å². The van der Waals surface area contributed by atoms with Crippen LogP contribution in [0.3, 0.4) is 0 Å². The van der Waals surface area contributed by atoms with E-state index in [2.05, 4.69) is 10.2 Å². The summed E-state index contributed by atoms with van der Waals surface area (Å²) in [5, 5.41) is 15.3. The van der Waals surface area contributed by atoms with Gasteiger partial charge in [0, 0.05) is 0 Å². The highest BCUT2D eigenvalue weighted by molar-refractivity contribution is 6.29. The molecule has 94 valence electrons. The SMILES string of the molecule is O=C(O)CN(CC(F)(F)F)c1ccc(Cl)nn1. The van der Waals surface area contributed by atoms with Crippen molar-refractivity contribution in [2.24, 2.45) is 0 Å². The van der Waals surface area contributed by atoms with Crippen molar-refractivity contribution in [3.8, 4) is 0 Å². The average Bonchev–Trinajstić information content (AvgIpc) is 2.14. The van der Waals surface area contributed by atoms with Crippen molar-refractivity contribution in [1.29, 1.82) is 0 Å². The summed E-state index contributed by atoms with van der Waals surface area (Å²) in [5.74, 6) is -1.60. The third-order valence-corrected chi connectivity index (χ3v) is 1.84. The fourth-order valence-electron chi connectivity index (χ4n) is 1.08. The number of nitrogens with zero attached hydrogens (tertiary/aromatic N) is 3. The Labute approximate surface area is 98.8 Å². The number of hydrogen-bond donors (Lipinski definition) is 1. The molecule has 9 heteroatoms. The first-order chi connectivity index (χ1) is 7.78. The van der Waals surface area contributed by atoms with E-state index in [0.29, 0.717) is 4.90 Å². The van der Waals surface area contributed by atoms with Crippen LogP contribution < -0.4 is 4.90 Å². The highest BCUT2D eigenvalue weighted by Crippen LogP contribution is 2.20. The molecular formula is C8H7ClF3N3O2. The van der Waals surface area contributed by atoms with Gasteiger partial charge in [0.05, 0.1) is 0 Å². The minimum Gasteiger partial charge on any atom is -0.480 e. The first-order valence-electron chi connectivity index (χ1n) is 4.30. The van der Waals surface area contributed by atoms with E-state index >= 15 is 0 Å². The second-order valence-electron chi connectivity index (χ2n) is 3.08.